The molecule has 0 atom stereocenters. The topological polar surface area (TPSA) is 62.2 Å². The van der Waals surface area contributed by atoms with Crippen molar-refractivity contribution in [3.63, 3.8) is 0 Å². The van der Waals surface area contributed by atoms with Gasteiger partial charge in [0.2, 0.25) is 0 Å². The summed E-state index contributed by atoms with van der Waals surface area (Å²) in [6.07, 6.45) is 1.87. The predicted octanol–water partition coefficient (Wildman–Crippen LogP) is 3.26. The third kappa shape index (κ3) is 3.51. The minimum absolute atomic E-state index is 0.0601. The summed E-state index contributed by atoms with van der Waals surface area (Å²) in [4.78, 5) is 15.2. The van der Waals surface area contributed by atoms with Crippen molar-refractivity contribution in [3.05, 3.63) is 48.7 Å². The summed E-state index contributed by atoms with van der Waals surface area (Å²) < 4.78 is 0. The van der Waals surface area contributed by atoms with Gasteiger partial charge in [-0.05, 0) is 12.1 Å². The predicted molar refractivity (Wildman–Crippen MR) is 84.7 cm³/mol. The first kappa shape index (κ1) is 14.4. The van der Waals surface area contributed by atoms with Crippen LogP contribution in [0.15, 0.2) is 43.0 Å². The molecule has 0 saturated carbocycles. The van der Waals surface area contributed by atoms with E-state index in [1.165, 1.54) is 0 Å². The molecule has 1 aromatic heterocycles. The number of anilines is 1. The van der Waals surface area contributed by atoms with Crippen molar-refractivity contribution in [2.75, 3.05) is 23.4 Å². The van der Waals surface area contributed by atoms with E-state index < -0.39 is 5.97 Å². The molecule has 0 fully saturated rings. The summed E-state index contributed by atoms with van der Waals surface area (Å²) in [6, 6.07) is 9.11. The molecule has 104 valence electrons. The lowest BCUT2D eigenvalue weighted by Gasteiger charge is -2.10. The van der Waals surface area contributed by atoms with Crippen molar-refractivity contribution < 1.29 is 9.90 Å². The second-order valence-corrected chi connectivity index (χ2v) is 5.32. The summed E-state index contributed by atoms with van der Waals surface area (Å²) in [7, 11) is 0. The number of hydrogen-bond donors (Lipinski definition) is 2. The van der Waals surface area contributed by atoms with Crippen molar-refractivity contribution in [1.82, 2.24) is 4.98 Å². The molecule has 0 spiro atoms. The van der Waals surface area contributed by atoms with E-state index in [9.17, 15) is 4.79 Å². The molecule has 0 amide bonds. The van der Waals surface area contributed by atoms with Crippen LogP contribution in [0.25, 0.3) is 10.9 Å². The zero-order valence-electron chi connectivity index (χ0n) is 11.0. The molecule has 4 nitrogen and oxygen atoms in total. The van der Waals surface area contributed by atoms with Crippen LogP contribution in [-0.2, 0) is 0 Å². The summed E-state index contributed by atoms with van der Waals surface area (Å²) in [5.74, 6) is 0.837. The van der Waals surface area contributed by atoms with Crippen molar-refractivity contribution in [2.24, 2.45) is 0 Å². The number of carbonyl (C=O) groups is 1. The van der Waals surface area contributed by atoms with Crippen LogP contribution in [0.2, 0.25) is 0 Å². The van der Waals surface area contributed by atoms with Gasteiger partial charge in [-0.2, -0.15) is 11.8 Å². The molecule has 2 N–H and O–H groups in total. The van der Waals surface area contributed by atoms with Gasteiger partial charge in [-0.3, -0.25) is 0 Å². The molecular formula is C15H16N2O2S. The first-order valence-corrected chi connectivity index (χ1v) is 7.43. The Hall–Kier alpha value is -2.01. The highest BCUT2D eigenvalue weighted by Crippen LogP contribution is 2.23. The summed E-state index contributed by atoms with van der Waals surface area (Å²) in [5.41, 5.74) is 1.56. The van der Waals surface area contributed by atoms with Gasteiger partial charge in [0.05, 0.1) is 5.52 Å². The summed E-state index contributed by atoms with van der Waals surface area (Å²) >= 11 is 1.78. The van der Waals surface area contributed by atoms with Crippen molar-refractivity contribution >= 4 is 34.3 Å². The Morgan fingerprint density at radius 1 is 1.45 bits per heavy atom. The molecule has 5 heteroatoms. The Bertz CT molecular complexity index is 628. The Kier molecular flexibility index (Phi) is 5.01. The van der Waals surface area contributed by atoms with E-state index in [0.717, 1.165) is 29.1 Å². The van der Waals surface area contributed by atoms with Gasteiger partial charge < -0.3 is 10.4 Å². The number of carboxylic acid groups (broad SMARTS) is 1. The Labute approximate surface area is 121 Å². The molecule has 20 heavy (non-hydrogen) atoms. The van der Waals surface area contributed by atoms with Crippen LogP contribution in [0.3, 0.4) is 0 Å². The molecular weight excluding hydrogens is 272 g/mol. The number of aromatic nitrogens is 1. The Morgan fingerprint density at radius 2 is 2.25 bits per heavy atom. The molecule has 0 unspecified atom stereocenters. The first-order chi connectivity index (χ1) is 9.72. The number of nitrogens with zero attached hydrogens (tertiary/aromatic N) is 1. The number of thioether (sulfide) groups is 1. The van der Waals surface area contributed by atoms with Crippen LogP contribution in [0, 0.1) is 0 Å². The van der Waals surface area contributed by atoms with Gasteiger partial charge in [0.1, 0.15) is 0 Å². The quantitative estimate of drug-likeness (QED) is 0.605. The van der Waals surface area contributed by atoms with Gasteiger partial charge in [-0.1, -0.05) is 24.3 Å². The molecule has 0 aliphatic rings. The number of hydrogen-bond acceptors (Lipinski definition) is 4. The second-order valence-electron chi connectivity index (χ2n) is 4.17. The zero-order valence-corrected chi connectivity index (χ0v) is 11.8. The maximum Gasteiger partial charge on any atom is 0.354 e. The van der Waals surface area contributed by atoms with E-state index in [-0.39, 0.29) is 5.69 Å². The van der Waals surface area contributed by atoms with Crippen molar-refractivity contribution in [1.29, 1.82) is 0 Å². The number of fused-ring (bicyclic) bond motifs is 1. The third-order valence-electron chi connectivity index (χ3n) is 2.73. The first-order valence-electron chi connectivity index (χ1n) is 6.28. The van der Waals surface area contributed by atoms with Crippen LogP contribution in [-0.4, -0.2) is 34.1 Å². The highest BCUT2D eigenvalue weighted by Gasteiger charge is 2.10. The fourth-order valence-electron chi connectivity index (χ4n) is 1.86. The second kappa shape index (κ2) is 6.96. The van der Waals surface area contributed by atoms with E-state index in [0.29, 0.717) is 5.52 Å². The summed E-state index contributed by atoms with van der Waals surface area (Å²) in [5, 5.41) is 13.3. The molecule has 0 radical (unpaired) electrons. The highest BCUT2D eigenvalue weighted by molar-refractivity contribution is 7.99. The molecule has 0 saturated heterocycles. The van der Waals surface area contributed by atoms with Gasteiger partial charge >= 0.3 is 5.97 Å². The van der Waals surface area contributed by atoms with Crippen LogP contribution >= 0.6 is 11.8 Å². The average molecular weight is 288 g/mol. The molecule has 0 bridgehead atoms. The Morgan fingerprint density at radius 3 is 3.00 bits per heavy atom. The van der Waals surface area contributed by atoms with E-state index in [1.807, 2.05) is 30.3 Å². The lowest BCUT2D eigenvalue weighted by atomic mass is 10.1. The van der Waals surface area contributed by atoms with Crippen molar-refractivity contribution in [3.8, 4) is 0 Å². The van der Waals surface area contributed by atoms with Crippen LogP contribution in [0.1, 0.15) is 10.5 Å². The lowest BCUT2D eigenvalue weighted by Crippen LogP contribution is -2.08. The number of aromatic carboxylic acids is 1. The molecule has 2 rings (SSSR count). The van der Waals surface area contributed by atoms with Gasteiger partial charge in [0, 0.05) is 29.1 Å². The van der Waals surface area contributed by atoms with Crippen LogP contribution < -0.4 is 5.32 Å². The van der Waals surface area contributed by atoms with E-state index in [1.54, 1.807) is 17.8 Å². The minimum atomic E-state index is -1.01. The minimum Gasteiger partial charge on any atom is -0.477 e. The number of pyridine rings is 1. The van der Waals surface area contributed by atoms with E-state index in [2.05, 4.69) is 16.9 Å². The highest BCUT2D eigenvalue weighted by atomic mass is 32.2. The van der Waals surface area contributed by atoms with E-state index >= 15 is 0 Å². The van der Waals surface area contributed by atoms with E-state index in [4.69, 9.17) is 5.11 Å². The Balaban J connectivity index is 2.21. The number of benzene rings is 1. The maximum atomic E-state index is 11.1. The lowest BCUT2D eigenvalue weighted by molar-refractivity contribution is 0.0691. The summed E-state index contributed by atoms with van der Waals surface area (Å²) in [6.45, 7) is 4.44. The third-order valence-corrected chi connectivity index (χ3v) is 3.70. The fraction of sp³-hybridized carbons (Fsp3) is 0.200. The fourth-order valence-corrected chi connectivity index (χ4v) is 2.44. The SMILES string of the molecule is C=CCSCCNc1cc(C(=O)O)nc2ccccc12. The van der Waals surface area contributed by atoms with Crippen molar-refractivity contribution in [2.45, 2.75) is 0 Å². The van der Waals surface area contributed by atoms with Crippen LogP contribution in [0.5, 0.6) is 0 Å². The molecule has 2 aromatic rings. The largest absolute Gasteiger partial charge is 0.477 e. The number of carboxylic acids is 1. The molecule has 1 aromatic carbocycles. The monoisotopic (exact) mass is 288 g/mol. The van der Waals surface area contributed by atoms with Gasteiger partial charge in [0.25, 0.3) is 0 Å². The molecule has 0 aliphatic heterocycles. The zero-order chi connectivity index (χ0) is 14.4. The van der Waals surface area contributed by atoms with Gasteiger partial charge in [0.15, 0.2) is 5.69 Å². The normalized spacial score (nSPS) is 10.4. The van der Waals surface area contributed by atoms with Gasteiger partial charge in [-0.25, -0.2) is 9.78 Å². The van der Waals surface area contributed by atoms with Crippen LogP contribution in [0.4, 0.5) is 5.69 Å². The molecule has 1 heterocycles. The number of rotatable bonds is 7. The van der Waals surface area contributed by atoms with Gasteiger partial charge in [-0.15, -0.1) is 6.58 Å². The maximum absolute atomic E-state index is 11.1. The molecule has 0 aliphatic carbocycles. The number of nitrogens with one attached hydrogen (secondary N) is 1. The standard InChI is InChI=1S/C15H16N2O2S/c1-2-8-20-9-7-16-13-10-14(15(18)19)17-12-6-4-3-5-11(12)13/h2-6,10H,1,7-9H2,(H,16,17)(H,18,19). The number of para-hydroxylation sites is 1. The smallest absolute Gasteiger partial charge is 0.354 e. The average Bonchev–Trinajstić information content (AvgIpc) is 2.46.